The molecule has 1 aromatic rings. The zero-order valence-corrected chi connectivity index (χ0v) is 8.27. The molecule has 0 aliphatic carbocycles. The first-order valence-corrected chi connectivity index (χ1v) is 5.30. The van der Waals surface area contributed by atoms with Crippen LogP contribution >= 0.6 is 0 Å². The maximum atomic E-state index is 10.6. The molecule has 1 radical (unpaired) electrons. The fourth-order valence-corrected chi connectivity index (χ4v) is 1.40. The quantitative estimate of drug-likeness (QED) is 0.613. The standard InChI is InChI=1S/C9H7O5S/c10-9(11)6-3-7-1-4-8(5-2-7)15(12,13)14/h1-6H,(H,12,13,14)/b6-3+. The average molecular weight is 227 g/mol. The van der Waals surface area contributed by atoms with Crippen LogP contribution in [0.25, 0.3) is 6.08 Å². The number of carbonyl (C=O) groups is 1. The fraction of sp³-hybridized carbons (Fsp3) is 0. The topological polar surface area (TPSA) is 91.3 Å². The van der Waals surface area contributed by atoms with E-state index in [1.807, 2.05) is 0 Å². The molecule has 79 valence electrons. The molecule has 0 saturated heterocycles. The van der Waals surface area contributed by atoms with Crippen LogP contribution in [-0.2, 0) is 20.0 Å². The van der Waals surface area contributed by atoms with Crippen molar-refractivity contribution in [3.63, 3.8) is 0 Å². The SMILES string of the molecule is [O]C(=O)/C=C/c1ccc(S(=O)(=O)O)cc1. The molecular formula is C9H7O5S. The van der Waals surface area contributed by atoms with Crippen molar-refractivity contribution in [1.29, 1.82) is 0 Å². The third-order valence-electron chi connectivity index (χ3n) is 1.59. The molecule has 0 saturated carbocycles. The molecule has 0 heterocycles. The predicted octanol–water partition coefficient (Wildman–Crippen LogP) is 0.904. The first-order valence-electron chi connectivity index (χ1n) is 3.86. The van der Waals surface area contributed by atoms with E-state index in [1.165, 1.54) is 30.3 Å². The lowest BCUT2D eigenvalue weighted by Crippen LogP contribution is -1.97. The van der Waals surface area contributed by atoms with Gasteiger partial charge < -0.3 is 0 Å². The van der Waals surface area contributed by atoms with Gasteiger partial charge in [-0.3, -0.25) is 4.55 Å². The third kappa shape index (κ3) is 3.53. The second-order valence-electron chi connectivity index (χ2n) is 2.70. The van der Waals surface area contributed by atoms with Gasteiger partial charge in [0.05, 0.1) is 4.90 Å². The Balaban J connectivity index is 2.96. The van der Waals surface area contributed by atoms with Crippen molar-refractivity contribution < 1.29 is 22.9 Å². The lowest BCUT2D eigenvalue weighted by Gasteiger charge is -1.96. The number of rotatable bonds is 3. The van der Waals surface area contributed by atoms with Crippen molar-refractivity contribution in [2.45, 2.75) is 4.90 Å². The van der Waals surface area contributed by atoms with Crippen LogP contribution < -0.4 is 0 Å². The molecule has 0 bridgehead atoms. The molecule has 6 heteroatoms. The van der Waals surface area contributed by atoms with Crippen molar-refractivity contribution in [3.8, 4) is 0 Å². The normalized spacial score (nSPS) is 11.8. The van der Waals surface area contributed by atoms with Gasteiger partial charge >= 0.3 is 5.97 Å². The van der Waals surface area contributed by atoms with E-state index in [4.69, 9.17) is 4.55 Å². The number of hydrogen-bond donors (Lipinski definition) is 1. The minimum absolute atomic E-state index is 0.242. The van der Waals surface area contributed by atoms with Gasteiger partial charge in [-0.1, -0.05) is 12.1 Å². The van der Waals surface area contributed by atoms with E-state index in [0.717, 1.165) is 6.08 Å². The molecule has 15 heavy (non-hydrogen) atoms. The zero-order chi connectivity index (χ0) is 11.5. The van der Waals surface area contributed by atoms with E-state index in [1.54, 1.807) is 0 Å². The van der Waals surface area contributed by atoms with Crippen LogP contribution in [0, 0.1) is 0 Å². The zero-order valence-electron chi connectivity index (χ0n) is 7.45. The van der Waals surface area contributed by atoms with E-state index in [2.05, 4.69) is 0 Å². The molecule has 5 nitrogen and oxygen atoms in total. The van der Waals surface area contributed by atoms with Gasteiger partial charge in [0.2, 0.25) is 0 Å². The number of hydrogen-bond acceptors (Lipinski definition) is 3. The van der Waals surface area contributed by atoms with Crippen molar-refractivity contribution >= 4 is 22.2 Å². The molecule has 1 rings (SSSR count). The minimum Gasteiger partial charge on any atom is -0.282 e. The highest BCUT2D eigenvalue weighted by Gasteiger charge is 2.07. The third-order valence-corrected chi connectivity index (χ3v) is 2.46. The largest absolute Gasteiger partial charge is 0.379 e. The summed E-state index contributed by atoms with van der Waals surface area (Å²) in [6.45, 7) is 0. The summed E-state index contributed by atoms with van der Waals surface area (Å²) in [6, 6.07) is 5.07. The van der Waals surface area contributed by atoms with E-state index in [0.29, 0.717) is 5.56 Å². The second-order valence-corrected chi connectivity index (χ2v) is 4.12. The fourth-order valence-electron chi connectivity index (χ4n) is 0.915. The highest BCUT2D eigenvalue weighted by Crippen LogP contribution is 2.10. The van der Waals surface area contributed by atoms with E-state index >= 15 is 0 Å². The van der Waals surface area contributed by atoms with Crippen LogP contribution in [0.4, 0.5) is 0 Å². The lowest BCUT2D eigenvalue weighted by atomic mass is 10.2. The van der Waals surface area contributed by atoms with Crippen molar-refractivity contribution in [2.75, 3.05) is 0 Å². The van der Waals surface area contributed by atoms with Crippen LogP contribution in [0.1, 0.15) is 5.56 Å². The Labute approximate surface area is 86.4 Å². The molecule has 0 aromatic heterocycles. The van der Waals surface area contributed by atoms with Crippen LogP contribution in [0.15, 0.2) is 35.2 Å². The smallest absolute Gasteiger partial charge is 0.282 e. The first kappa shape index (κ1) is 11.4. The molecule has 1 N–H and O–H groups in total. The molecule has 0 atom stereocenters. The van der Waals surface area contributed by atoms with Crippen LogP contribution in [0.2, 0.25) is 0 Å². The van der Waals surface area contributed by atoms with Crippen LogP contribution in [0.3, 0.4) is 0 Å². The summed E-state index contributed by atoms with van der Waals surface area (Å²) in [7, 11) is -4.20. The molecule has 0 aliphatic heterocycles. The summed E-state index contributed by atoms with van der Waals surface area (Å²) in [6.07, 6.45) is 2.07. The van der Waals surface area contributed by atoms with Gasteiger partial charge in [-0.05, 0) is 23.8 Å². The average Bonchev–Trinajstić information content (AvgIpc) is 2.14. The van der Waals surface area contributed by atoms with Gasteiger partial charge in [0, 0.05) is 6.08 Å². The van der Waals surface area contributed by atoms with E-state index in [9.17, 15) is 18.3 Å². The van der Waals surface area contributed by atoms with Crippen LogP contribution in [-0.4, -0.2) is 18.9 Å². The van der Waals surface area contributed by atoms with Gasteiger partial charge in [0.25, 0.3) is 10.1 Å². The van der Waals surface area contributed by atoms with Crippen molar-refractivity contribution in [3.05, 3.63) is 35.9 Å². The number of benzene rings is 1. The Morgan fingerprint density at radius 2 is 1.73 bits per heavy atom. The highest BCUT2D eigenvalue weighted by molar-refractivity contribution is 7.85. The van der Waals surface area contributed by atoms with Gasteiger partial charge in [-0.25, -0.2) is 9.90 Å². The molecule has 0 spiro atoms. The summed E-state index contributed by atoms with van der Waals surface area (Å²) >= 11 is 0. The molecule has 0 fully saturated rings. The molecular weight excluding hydrogens is 220 g/mol. The molecule has 0 aliphatic rings. The summed E-state index contributed by atoms with van der Waals surface area (Å²) in [4.78, 5) is 9.82. The van der Waals surface area contributed by atoms with E-state index in [-0.39, 0.29) is 4.90 Å². The number of carbonyl (C=O) groups excluding carboxylic acids is 1. The van der Waals surface area contributed by atoms with Crippen molar-refractivity contribution in [2.24, 2.45) is 0 Å². The van der Waals surface area contributed by atoms with Gasteiger partial charge in [-0.15, -0.1) is 0 Å². The van der Waals surface area contributed by atoms with Gasteiger partial charge in [0.15, 0.2) is 0 Å². The summed E-state index contributed by atoms with van der Waals surface area (Å²) < 4.78 is 29.9. The maximum absolute atomic E-state index is 10.6. The second kappa shape index (κ2) is 4.24. The first-order chi connectivity index (χ1) is 6.89. The van der Waals surface area contributed by atoms with Gasteiger partial charge in [-0.2, -0.15) is 8.42 Å². The van der Waals surface area contributed by atoms with Crippen molar-refractivity contribution in [1.82, 2.24) is 0 Å². The lowest BCUT2D eigenvalue weighted by molar-refractivity contribution is -0.137. The minimum atomic E-state index is -4.20. The summed E-state index contributed by atoms with van der Waals surface area (Å²) in [5.74, 6) is -1.34. The molecule has 0 unspecified atom stereocenters. The maximum Gasteiger partial charge on any atom is 0.379 e. The molecule has 0 amide bonds. The van der Waals surface area contributed by atoms with Gasteiger partial charge in [0.1, 0.15) is 0 Å². The Hall–Kier alpha value is -1.66. The Kier molecular flexibility index (Phi) is 3.23. The van der Waals surface area contributed by atoms with E-state index < -0.39 is 16.1 Å². The Bertz CT molecular complexity index is 484. The predicted molar refractivity (Wildman–Crippen MR) is 51.0 cm³/mol. The van der Waals surface area contributed by atoms with Crippen LogP contribution in [0.5, 0.6) is 0 Å². The summed E-state index contributed by atoms with van der Waals surface area (Å²) in [5, 5.41) is 10.1. The summed E-state index contributed by atoms with van der Waals surface area (Å²) in [5.41, 5.74) is 0.492. The monoisotopic (exact) mass is 227 g/mol. The Morgan fingerprint density at radius 1 is 1.20 bits per heavy atom. The highest BCUT2D eigenvalue weighted by atomic mass is 32.2. The Morgan fingerprint density at radius 3 is 2.13 bits per heavy atom. The molecule has 1 aromatic carbocycles.